The minimum absolute atomic E-state index is 0.0371. The van der Waals surface area contributed by atoms with Gasteiger partial charge in [0.25, 0.3) is 0 Å². The number of carbonyl (C=O) groups is 1. The maximum Gasteiger partial charge on any atom is 0.224 e. The number of benzene rings is 2. The van der Waals surface area contributed by atoms with E-state index in [-0.39, 0.29) is 29.6 Å². The molecule has 0 saturated heterocycles. The summed E-state index contributed by atoms with van der Waals surface area (Å²) in [7, 11) is 0. The molecule has 0 bridgehead atoms. The molecule has 118 valence electrons. The quantitative estimate of drug-likeness (QED) is 0.908. The maximum atomic E-state index is 13.8. The summed E-state index contributed by atoms with van der Waals surface area (Å²) >= 11 is 0. The van der Waals surface area contributed by atoms with Crippen molar-refractivity contribution in [3.05, 3.63) is 71.0 Å². The first-order valence-electron chi connectivity index (χ1n) is 8.36. The van der Waals surface area contributed by atoms with Crippen LogP contribution in [0.4, 0.5) is 4.39 Å². The van der Waals surface area contributed by atoms with E-state index in [0.29, 0.717) is 5.56 Å². The third-order valence-electron chi connectivity index (χ3n) is 5.12. The van der Waals surface area contributed by atoms with Gasteiger partial charge >= 0.3 is 0 Å². The van der Waals surface area contributed by atoms with Gasteiger partial charge in [-0.2, -0.15) is 0 Å². The van der Waals surface area contributed by atoms with Gasteiger partial charge in [-0.25, -0.2) is 4.39 Å². The highest BCUT2D eigenvalue weighted by Gasteiger charge is 2.45. The fraction of sp³-hybridized carbons (Fsp3) is 0.350. The maximum absolute atomic E-state index is 13.8. The lowest BCUT2D eigenvalue weighted by Gasteiger charge is -2.26. The van der Waals surface area contributed by atoms with Gasteiger partial charge in [0, 0.05) is 5.92 Å². The molecule has 1 saturated carbocycles. The molecule has 0 radical (unpaired) electrons. The molecule has 1 amide bonds. The monoisotopic (exact) mass is 309 g/mol. The first-order chi connectivity index (χ1) is 11.2. The lowest BCUT2D eigenvalue weighted by molar-refractivity contribution is -0.123. The van der Waals surface area contributed by atoms with Gasteiger partial charge in [-0.05, 0) is 54.4 Å². The molecule has 2 aromatic rings. The van der Waals surface area contributed by atoms with Crippen molar-refractivity contribution in [3.63, 3.8) is 0 Å². The van der Waals surface area contributed by atoms with Crippen LogP contribution in [-0.2, 0) is 11.2 Å². The molecule has 2 aromatic carbocycles. The van der Waals surface area contributed by atoms with Gasteiger partial charge in [0.1, 0.15) is 5.82 Å². The number of nitrogens with one attached hydrogen (secondary N) is 1. The van der Waals surface area contributed by atoms with E-state index in [1.54, 1.807) is 12.1 Å². The van der Waals surface area contributed by atoms with Crippen LogP contribution in [0.15, 0.2) is 48.5 Å². The number of rotatable bonds is 3. The Morgan fingerprint density at radius 1 is 1.04 bits per heavy atom. The fourth-order valence-corrected chi connectivity index (χ4v) is 3.79. The van der Waals surface area contributed by atoms with Gasteiger partial charge in [-0.3, -0.25) is 4.79 Å². The van der Waals surface area contributed by atoms with Gasteiger partial charge in [0.15, 0.2) is 0 Å². The summed E-state index contributed by atoms with van der Waals surface area (Å²) in [6.45, 7) is 0. The minimum Gasteiger partial charge on any atom is -0.349 e. The number of carbonyl (C=O) groups excluding carboxylic acids is 1. The van der Waals surface area contributed by atoms with Crippen molar-refractivity contribution in [1.29, 1.82) is 0 Å². The summed E-state index contributed by atoms with van der Waals surface area (Å²) < 4.78 is 13.8. The van der Waals surface area contributed by atoms with E-state index in [1.165, 1.54) is 17.2 Å². The van der Waals surface area contributed by atoms with Gasteiger partial charge in [-0.15, -0.1) is 0 Å². The zero-order valence-corrected chi connectivity index (χ0v) is 13.0. The third-order valence-corrected chi connectivity index (χ3v) is 5.12. The largest absolute Gasteiger partial charge is 0.349 e. The topological polar surface area (TPSA) is 29.1 Å². The fourth-order valence-electron chi connectivity index (χ4n) is 3.79. The number of hydrogen-bond acceptors (Lipinski definition) is 1. The summed E-state index contributed by atoms with van der Waals surface area (Å²) in [6, 6.07) is 15.2. The van der Waals surface area contributed by atoms with Crippen molar-refractivity contribution in [1.82, 2.24) is 5.32 Å². The molecule has 3 heteroatoms. The van der Waals surface area contributed by atoms with Crippen LogP contribution in [0.2, 0.25) is 0 Å². The highest BCUT2D eigenvalue weighted by Crippen LogP contribution is 2.48. The molecule has 4 rings (SSSR count). The summed E-state index contributed by atoms with van der Waals surface area (Å²) in [5.41, 5.74) is 3.26. The zero-order valence-electron chi connectivity index (χ0n) is 13.0. The van der Waals surface area contributed by atoms with Crippen molar-refractivity contribution in [3.8, 4) is 0 Å². The molecule has 3 atom stereocenters. The lowest BCUT2D eigenvalue weighted by atomic mass is 9.87. The second kappa shape index (κ2) is 5.80. The van der Waals surface area contributed by atoms with Crippen molar-refractivity contribution < 1.29 is 9.18 Å². The second-order valence-electron chi connectivity index (χ2n) is 6.62. The van der Waals surface area contributed by atoms with E-state index < -0.39 is 0 Å². The van der Waals surface area contributed by atoms with E-state index in [2.05, 4.69) is 23.5 Å². The van der Waals surface area contributed by atoms with E-state index >= 15 is 0 Å². The van der Waals surface area contributed by atoms with Crippen molar-refractivity contribution in [2.24, 2.45) is 5.92 Å². The van der Waals surface area contributed by atoms with E-state index in [0.717, 1.165) is 25.7 Å². The molecular formula is C20H20FNO. The van der Waals surface area contributed by atoms with Crippen LogP contribution in [0, 0.1) is 11.7 Å². The molecule has 2 aliphatic carbocycles. The van der Waals surface area contributed by atoms with Crippen LogP contribution in [0.1, 0.15) is 47.9 Å². The first kappa shape index (κ1) is 14.4. The average Bonchev–Trinajstić information content (AvgIpc) is 3.36. The summed E-state index contributed by atoms with van der Waals surface area (Å²) in [6.07, 6.45) is 3.92. The number of halogens is 1. The lowest BCUT2D eigenvalue weighted by Crippen LogP contribution is -2.32. The minimum atomic E-state index is -0.198. The predicted molar refractivity (Wildman–Crippen MR) is 87.5 cm³/mol. The molecule has 0 aliphatic heterocycles. The molecule has 1 N–H and O–H groups in total. The van der Waals surface area contributed by atoms with Crippen LogP contribution in [-0.4, -0.2) is 5.91 Å². The second-order valence-corrected chi connectivity index (χ2v) is 6.62. The van der Waals surface area contributed by atoms with Crippen LogP contribution < -0.4 is 5.32 Å². The summed E-state index contributed by atoms with van der Waals surface area (Å²) in [5, 5.41) is 3.19. The molecule has 23 heavy (non-hydrogen) atoms. The van der Waals surface area contributed by atoms with E-state index in [4.69, 9.17) is 0 Å². The Bertz CT molecular complexity index is 742. The Balaban J connectivity index is 1.45. The first-order valence-corrected chi connectivity index (χ1v) is 8.36. The Labute approximate surface area is 135 Å². The van der Waals surface area contributed by atoms with Crippen LogP contribution in [0.3, 0.4) is 0 Å². The van der Waals surface area contributed by atoms with Crippen molar-refractivity contribution in [2.45, 2.75) is 37.6 Å². The Hall–Kier alpha value is -2.16. The third kappa shape index (κ3) is 2.76. The van der Waals surface area contributed by atoms with Gasteiger partial charge in [0.2, 0.25) is 5.91 Å². The number of aryl methyl sites for hydroxylation is 1. The molecule has 0 aromatic heterocycles. The van der Waals surface area contributed by atoms with E-state index in [9.17, 15) is 9.18 Å². The predicted octanol–water partition coefficient (Wildman–Crippen LogP) is 4.12. The molecule has 2 aliphatic rings. The van der Waals surface area contributed by atoms with Crippen molar-refractivity contribution in [2.75, 3.05) is 0 Å². The molecule has 2 nitrogen and oxygen atoms in total. The number of fused-ring (bicyclic) bond motifs is 1. The molecule has 0 heterocycles. The van der Waals surface area contributed by atoms with Gasteiger partial charge < -0.3 is 5.32 Å². The summed E-state index contributed by atoms with van der Waals surface area (Å²) in [4.78, 5) is 12.5. The molecule has 3 unspecified atom stereocenters. The highest BCUT2D eigenvalue weighted by molar-refractivity contribution is 5.83. The SMILES string of the molecule is O=C(NC1CCCc2ccccc21)C1CC1c1ccccc1F. The van der Waals surface area contributed by atoms with Gasteiger partial charge in [0.05, 0.1) is 6.04 Å². The Morgan fingerprint density at radius 2 is 1.78 bits per heavy atom. The highest BCUT2D eigenvalue weighted by atomic mass is 19.1. The van der Waals surface area contributed by atoms with Crippen LogP contribution in [0.25, 0.3) is 0 Å². The molecule has 1 fully saturated rings. The average molecular weight is 309 g/mol. The smallest absolute Gasteiger partial charge is 0.224 e. The van der Waals surface area contributed by atoms with Crippen LogP contribution in [0.5, 0.6) is 0 Å². The number of hydrogen-bond donors (Lipinski definition) is 1. The summed E-state index contributed by atoms with van der Waals surface area (Å²) in [5.74, 6) is -0.174. The van der Waals surface area contributed by atoms with Crippen molar-refractivity contribution >= 4 is 5.91 Å². The Morgan fingerprint density at radius 3 is 2.61 bits per heavy atom. The van der Waals surface area contributed by atoms with Gasteiger partial charge in [-0.1, -0.05) is 42.5 Å². The van der Waals surface area contributed by atoms with E-state index in [1.807, 2.05) is 12.1 Å². The Kier molecular flexibility index (Phi) is 3.64. The normalized spacial score (nSPS) is 25.5. The molecule has 0 spiro atoms. The molecular weight excluding hydrogens is 289 g/mol. The standard InChI is InChI=1S/C20H20FNO/c21-18-10-4-3-9-15(18)16-12-17(16)20(23)22-19-11-5-7-13-6-1-2-8-14(13)19/h1-4,6,8-10,16-17,19H,5,7,11-12H2,(H,22,23). The number of amides is 1. The van der Waals surface area contributed by atoms with Crippen LogP contribution >= 0.6 is 0 Å². The zero-order chi connectivity index (χ0) is 15.8.